The average Bonchev–Trinajstić information content (AvgIpc) is 2.89. The van der Waals surface area contributed by atoms with Crippen molar-refractivity contribution in [3.63, 3.8) is 0 Å². The standard InChI is InChI=1S/C16H25N5O2/c1-10-6-14(20(2)3)18-15(17-10)19-16(23)21-8-11-4-5-13(22)7-12(11)9-21/h6,11-13,22H,4-5,7-9H2,1-3H3,(H,17,18,19,23). The quantitative estimate of drug-likeness (QED) is 0.863. The number of carbonyl (C=O) groups excluding carboxylic acids is 1. The number of rotatable bonds is 2. The van der Waals surface area contributed by atoms with Crippen molar-refractivity contribution in [2.75, 3.05) is 37.4 Å². The highest BCUT2D eigenvalue weighted by Gasteiger charge is 2.39. The number of nitrogens with zero attached hydrogens (tertiary/aromatic N) is 4. The van der Waals surface area contributed by atoms with Crippen LogP contribution in [0.4, 0.5) is 16.6 Å². The molecule has 1 aliphatic heterocycles. The van der Waals surface area contributed by atoms with Crippen molar-refractivity contribution in [2.45, 2.75) is 32.3 Å². The van der Waals surface area contributed by atoms with Gasteiger partial charge in [0.1, 0.15) is 5.82 Å². The van der Waals surface area contributed by atoms with Gasteiger partial charge in [0.05, 0.1) is 6.10 Å². The maximum Gasteiger partial charge on any atom is 0.324 e. The number of aliphatic hydroxyl groups is 1. The summed E-state index contributed by atoms with van der Waals surface area (Å²) in [6.45, 7) is 3.35. The Bertz CT molecular complexity index is 592. The number of aliphatic hydroxyl groups excluding tert-OH is 1. The Kier molecular flexibility index (Phi) is 4.39. The number of hydrogen-bond donors (Lipinski definition) is 2. The summed E-state index contributed by atoms with van der Waals surface area (Å²) < 4.78 is 0. The average molecular weight is 319 g/mol. The molecular weight excluding hydrogens is 294 g/mol. The summed E-state index contributed by atoms with van der Waals surface area (Å²) in [5.41, 5.74) is 0.817. The van der Waals surface area contributed by atoms with Gasteiger partial charge in [-0.3, -0.25) is 5.32 Å². The topological polar surface area (TPSA) is 81.6 Å². The highest BCUT2D eigenvalue weighted by molar-refractivity contribution is 5.87. The lowest BCUT2D eigenvalue weighted by Gasteiger charge is -2.27. The van der Waals surface area contributed by atoms with Gasteiger partial charge in [-0.05, 0) is 38.0 Å². The van der Waals surface area contributed by atoms with E-state index < -0.39 is 0 Å². The molecule has 7 nitrogen and oxygen atoms in total. The van der Waals surface area contributed by atoms with Gasteiger partial charge in [-0.1, -0.05) is 0 Å². The van der Waals surface area contributed by atoms with Crippen LogP contribution in [0, 0.1) is 18.8 Å². The van der Waals surface area contributed by atoms with Crippen LogP contribution < -0.4 is 10.2 Å². The van der Waals surface area contributed by atoms with E-state index in [1.165, 1.54) is 0 Å². The summed E-state index contributed by atoms with van der Waals surface area (Å²) in [5, 5.41) is 12.6. The van der Waals surface area contributed by atoms with Crippen molar-refractivity contribution in [1.29, 1.82) is 0 Å². The number of aryl methyl sites for hydroxylation is 1. The van der Waals surface area contributed by atoms with E-state index in [-0.39, 0.29) is 12.1 Å². The molecule has 2 N–H and O–H groups in total. The molecule has 1 saturated carbocycles. The highest BCUT2D eigenvalue weighted by atomic mass is 16.3. The summed E-state index contributed by atoms with van der Waals surface area (Å²) in [5.74, 6) is 2.04. The molecule has 1 aliphatic carbocycles. The Hall–Kier alpha value is -1.89. The molecule has 1 aromatic heterocycles. The number of urea groups is 1. The van der Waals surface area contributed by atoms with Crippen molar-refractivity contribution >= 4 is 17.8 Å². The fourth-order valence-electron chi connectivity index (χ4n) is 3.58. The summed E-state index contributed by atoms with van der Waals surface area (Å²) >= 11 is 0. The van der Waals surface area contributed by atoms with E-state index >= 15 is 0 Å². The van der Waals surface area contributed by atoms with E-state index in [4.69, 9.17) is 0 Å². The smallest absolute Gasteiger partial charge is 0.324 e. The Morgan fingerprint density at radius 2 is 2.04 bits per heavy atom. The fraction of sp³-hybridized carbons (Fsp3) is 0.688. The molecule has 1 aromatic rings. The SMILES string of the molecule is Cc1cc(N(C)C)nc(NC(=O)N2CC3CCC(O)CC3C2)n1. The second-order valence-corrected chi connectivity index (χ2v) is 6.91. The fourth-order valence-corrected chi connectivity index (χ4v) is 3.58. The summed E-state index contributed by atoms with van der Waals surface area (Å²) in [7, 11) is 3.81. The zero-order chi connectivity index (χ0) is 16.6. The molecule has 23 heavy (non-hydrogen) atoms. The number of hydrogen-bond acceptors (Lipinski definition) is 5. The van der Waals surface area contributed by atoms with E-state index in [1.807, 2.05) is 36.9 Å². The van der Waals surface area contributed by atoms with E-state index in [1.54, 1.807) is 0 Å². The van der Waals surface area contributed by atoms with Crippen LogP contribution in [-0.4, -0.2) is 59.3 Å². The second kappa shape index (κ2) is 6.31. The Labute approximate surface area is 136 Å². The van der Waals surface area contributed by atoms with Crippen molar-refractivity contribution < 1.29 is 9.90 Å². The molecule has 0 bridgehead atoms. The minimum atomic E-state index is -0.206. The lowest BCUT2D eigenvalue weighted by molar-refractivity contribution is 0.0866. The maximum atomic E-state index is 12.5. The van der Waals surface area contributed by atoms with Gasteiger partial charge in [0.15, 0.2) is 0 Å². The number of likely N-dealkylation sites (tertiary alicyclic amines) is 1. The monoisotopic (exact) mass is 319 g/mol. The van der Waals surface area contributed by atoms with Crippen LogP contribution in [0.3, 0.4) is 0 Å². The molecule has 1 saturated heterocycles. The Morgan fingerprint density at radius 1 is 1.30 bits per heavy atom. The van der Waals surface area contributed by atoms with Crippen LogP contribution in [0.2, 0.25) is 0 Å². The number of fused-ring (bicyclic) bond motifs is 1. The summed E-state index contributed by atoms with van der Waals surface area (Å²) in [4.78, 5) is 24.9. The summed E-state index contributed by atoms with van der Waals surface area (Å²) in [6.07, 6.45) is 2.45. The van der Waals surface area contributed by atoms with E-state index in [0.717, 1.165) is 37.3 Å². The van der Waals surface area contributed by atoms with Gasteiger partial charge in [-0.25, -0.2) is 9.78 Å². The minimum Gasteiger partial charge on any atom is -0.393 e. The van der Waals surface area contributed by atoms with Crippen LogP contribution in [0.25, 0.3) is 0 Å². The van der Waals surface area contributed by atoms with Crippen molar-refractivity contribution in [3.05, 3.63) is 11.8 Å². The molecule has 2 fully saturated rings. The molecule has 0 radical (unpaired) electrons. The predicted molar refractivity (Wildman–Crippen MR) is 88.5 cm³/mol. The van der Waals surface area contributed by atoms with Gasteiger partial charge in [0, 0.05) is 38.9 Å². The van der Waals surface area contributed by atoms with Crippen molar-refractivity contribution in [3.8, 4) is 0 Å². The molecule has 2 amide bonds. The molecule has 2 aliphatic rings. The first kappa shape index (κ1) is 16.0. The first-order chi connectivity index (χ1) is 10.9. The Balaban J connectivity index is 1.66. The van der Waals surface area contributed by atoms with Crippen LogP contribution >= 0.6 is 0 Å². The molecule has 126 valence electrons. The van der Waals surface area contributed by atoms with Crippen LogP contribution in [0.5, 0.6) is 0 Å². The first-order valence-corrected chi connectivity index (χ1v) is 8.19. The lowest BCUT2D eigenvalue weighted by atomic mass is 9.80. The zero-order valence-corrected chi connectivity index (χ0v) is 14.0. The second-order valence-electron chi connectivity index (χ2n) is 6.91. The van der Waals surface area contributed by atoms with Crippen molar-refractivity contribution in [2.24, 2.45) is 11.8 Å². The number of carbonyl (C=O) groups is 1. The largest absolute Gasteiger partial charge is 0.393 e. The van der Waals surface area contributed by atoms with Gasteiger partial charge < -0.3 is 14.9 Å². The van der Waals surface area contributed by atoms with Gasteiger partial charge >= 0.3 is 6.03 Å². The summed E-state index contributed by atoms with van der Waals surface area (Å²) in [6, 6.07) is 1.73. The predicted octanol–water partition coefficient (Wildman–Crippen LogP) is 1.48. The minimum absolute atomic E-state index is 0.149. The van der Waals surface area contributed by atoms with Gasteiger partial charge in [-0.2, -0.15) is 4.98 Å². The molecular formula is C16H25N5O2. The Morgan fingerprint density at radius 3 is 2.78 bits per heavy atom. The van der Waals surface area contributed by atoms with Crippen LogP contribution in [0.15, 0.2) is 6.07 Å². The van der Waals surface area contributed by atoms with E-state index in [9.17, 15) is 9.90 Å². The lowest BCUT2D eigenvalue weighted by Crippen LogP contribution is -2.34. The third kappa shape index (κ3) is 3.55. The number of nitrogens with one attached hydrogen (secondary N) is 1. The van der Waals surface area contributed by atoms with Crippen LogP contribution in [-0.2, 0) is 0 Å². The van der Waals surface area contributed by atoms with E-state index in [2.05, 4.69) is 15.3 Å². The highest BCUT2D eigenvalue weighted by Crippen LogP contribution is 2.36. The molecule has 0 aromatic carbocycles. The third-order valence-electron chi connectivity index (χ3n) is 4.83. The third-order valence-corrected chi connectivity index (χ3v) is 4.83. The first-order valence-electron chi connectivity index (χ1n) is 8.19. The zero-order valence-electron chi connectivity index (χ0n) is 14.0. The number of aromatic nitrogens is 2. The maximum absolute atomic E-state index is 12.5. The van der Waals surface area contributed by atoms with E-state index in [0.29, 0.717) is 24.3 Å². The number of amides is 2. The van der Waals surface area contributed by atoms with Gasteiger partial charge in [0.2, 0.25) is 5.95 Å². The van der Waals surface area contributed by atoms with Crippen LogP contribution in [0.1, 0.15) is 25.0 Å². The van der Waals surface area contributed by atoms with Crippen molar-refractivity contribution in [1.82, 2.24) is 14.9 Å². The normalized spacial score (nSPS) is 26.8. The molecule has 0 spiro atoms. The molecule has 3 unspecified atom stereocenters. The molecule has 2 heterocycles. The van der Waals surface area contributed by atoms with Gasteiger partial charge in [0.25, 0.3) is 0 Å². The number of anilines is 2. The molecule has 3 rings (SSSR count). The van der Waals surface area contributed by atoms with Gasteiger partial charge in [-0.15, -0.1) is 0 Å². The molecule has 3 atom stereocenters. The molecule has 7 heteroatoms.